The molecule has 1 aromatic rings. The maximum atomic E-state index is 4.43. The second-order valence-corrected chi connectivity index (χ2v) is 6.32. The van der Waals surface area contributed by atoms with Crippen molar-refractivity contribution in [2.45, 2.75) is 63.6 Å². The molecule has 2 fully saturated rings. The molecular formula is C16H26N4. The molecule has 1 aliphatic carbocycles. The van der Waals surface area contributed by atoms with Gasteiger partial charge < -0.3 is 5.32 Å². The maximum Gasteiger partial charge on any atom is 0.142 e. The van der Waals surface area contributed by atoms with Crippen LogP contribution in [0.5, 0.6) is 0 Å². The lowest BCUT2D eigenvalue weighted by Gasteiger charge is -2.52. The summed E-state index contributed by atoms with van der Waals surface area (Å²) in [4.78, 5) is 11.5. The van der Waals surface area contributed by atoms with Crippen LogP contribution >= 0.6 is 0 Å². The highest BCUT2D eigenvalue weighted by atomic mass is 15.3. The van der Waals surface area contributed by atoms with Crippen LogP contribution in [0, 0.1) is 0 Å². The number of piperazine rings is 1. The lowest BCUT2D eigenvalue weighted by Crippen LogP contribution is -2.64. The molecule has 4 heteroatoms. The van der Waals surface area contributed by atoms with Gasteiger partial charge in [-0.05, 0) is 25.3 Å². The average molecular weight is 274 g/mol. The van der Waals surface area contributed by atoms with Gasteiger partial charge in [-0.2, -0.15) is 0 Å². The van der Waals surface area contributed by atoms with Gasteiger partial charge in [0.25, 0.3) is 0 Å². The van der Waals surface area contributed by atoms with E-state index in [0.717, 1.165) is 25.5 Å². The van der Waals surface area contributed by atoms with E-state index >= 15 is 0 Å². The maximum absolute atomic E-state index is 4.43. The minimum atomic E-state index is 0.350. The Morgan fingerprint density at radius 3 is 2.70 bits per heavy atom. The smallest absolute Gasteiger partial charge is 0.142 e. The van der Waals surface area contributed by atoms with Crippen molar-refractivity contribution < 1.29 is 0 Å². The number of hydrogen-bond donors (Lipinski definition) is 1. The van der Waals surface area contributed by atoms with Gasteiger partial charge in [0.05, 0.1) is 6.54 Å². The van der Waals surface area contributed by atoms with Crippen LogP contribution < -0.4 is 5.32 Å². The zero-order valence-electron chi connectivity index (χ0n) is 12.5. The largest absolute Gasteiger partial charge is 0.311 e. The summed E-state index contributed by atoms with van der Waals surface area (Å²) in [6.45, 7) is 5.44. The van der Waals surface area contributed by atoms with E-state index in [-0.39, 0.29) is 0 Å². The van der Waals surface area contributed by atoms with Gasteiger partial charge >= 0.3 is 0 Å². The van der Waals surface area contributed by atoms with Crippen LogP contribution in [-0.2, 0) is 6.54 Å². The van der Waals surface area contributed by atoms with Crippen molar-refractivity contribution >= 4 is 0 Å². The Balaban J connectivity index is 1.77. The number of nitrogens with zero attached hydrogens (tertiary/aromatic N) is 3. The second kappa shape index (κ2) is 6.19. The molecule has 20 heavy (non-hydrogen) atoms. The summed E-state index contributed by atoms with van der Waals surface area (Å²) in [5, 5.41) is 3.76. The molecule has 2 aliphatic rings. The van der Waals surface area contributed by atoms with Gasteiger partial charge in [-0.15, -0.1) is 0 Å². The first kappa shape index (κ1) is 14.0. The summed E-state index contributed by atoms with van der Waals surface area (Å²) in [5.41, 5.74) is 0.350. The fourth-order valence-corrected chi connectivity index (χ4v) is 3.76. The van der Waals surface area contributed by atoms with Crippen molar-refractivity contribution in [1.82, 2.24) is 20.2 Å². The number of hydrogen-bond acceptors (Lipinski definition) is 4. The summed E-state index contributed by atoms with van der Waals surface area (Å²) in [7, 11) is 0. The van der Waals surface area contributed by atoms with Crippen molar-refractivity contribution in [3.63, 3.8) is 0 Å². The molecule has 1 saturated heterocycles. The Labute approximate surface area is 122 Å². The van der Waals surface area contributed by atoms with Crippen molar-refractivity contribution in [1.29, 1.82) is 0 Å². The Hall–Kier alpha value is -1.00. The van der Waals surface area contributed by atoms with E-state index in [1.54, 1.807) is 0 Å². The second-order valence-electron chi connectivity index (χ2n) is 6.32. The molecule has 0 amide bonds. The summed E-state index contributed by atoms with van der Waals surface area (Å²) in [5.74, 6) is 0.967. The quantitative estimate of drug-likeness (QED) is 0.918. The highest BCUT2D eigenvalue weighted by Gasteiger charge is 2.41. The molecule has 1 spiro atoms. The molecule has 1 saturated carbocycles. The molecule has 1 N–H and O–H groups in total. The third-order valence-corrected chi connectivity index (χ3v) is 5.06. The fourth-order valence-electron chi connectivity index (χ4n) is 3.76. The lowest BCUT2D eigenvalue weighted by atomic mass is 9.78. The van der Waals surface area contributed by atoms with Crippen molar-refractivity contribution in [2.24, 2.45) is 0 Å². The van der Waals surface area contributed by atoms with Gasteiger partial charge in [0, 0.05) is 37.1 Å². The number of aromatic nitrogens is 2. The van der Waals surface area contributed by atoms with E-state index in [4.69, 9.17) is 0 Å². The lowest BCUT2D eigenvalue weighted by molar-refractivity contribution is 0.000932. The Kier molecular flexibility index (Phi) is 4.32. The van der Waals surface area contributed by atoms with Crippen molar-refractivity contribution in [3.8, 4) is 0 Å². The van der Waals surface area contributed by atoms with Crippen LogP contribution in [0.3, 0.4) is 0 Å². The average Bonchev–Trinajstić information content (AvgIpc) is 2.52. The van der Waals surface area contributed by atoms with E-state index < -0.39 is 0 Å². The molecular weight excluding hydrogens is 248 g/mol. The summed E-state index contributed by atoms with van der Waals surface area (Å²) in [6.07, 6.45) is 11.7. The predicted octanol–water partition coefficient (Wildman–Crippen LogP) is 2.36. The highest BCUT2D eigenvalue weighted by molar-refractivity contribution is 5.02. The minimum absolute atomic E-state index is 0.350. The van der Waals surface area contributed by atoms with E-state index in [2.05, 4.69) is 27.1 Å². The third kappa shape index (κ3) is 2.86. The Bertz CT molecular complexity index is 414. The van der Waals surface area contributed by atoms with Gasteiger partial charge in [-0.1, -0.05) is 26.2 Å². The molecule has 0 aromatic carbocycles. The summed E-state index contributed by atoms with van der Waals surface area (Å²) in [6, 6.07) is 2.51. The zero-order chi connectivity index (χ0) is 13.8. The van der Waals surface area contributed by atoms with E-state index in [1.165, 1.54) is 38.5 Å². The molecule has 1 unspecified atom stereocenters. The van der Waals surface area contributed by atoms with E-state index in [1.807, 2.05) is 18.5 Å². The molecule has 0 bridgehead atoms. The standard InChI is InChI=1S/C16H26N4/c1-2-14-11-20(12-15-17-9-6-10-18-15)16(13-19-14)7-4-3-5-8-16/h6,9-10,14,19H,2-5,7-8,11-13H2,1H3. The summed E-state index contributed by atoms with van der Waals surface area (Å²) < 4.78 is 0. The van der Waals surface area contributed by atoms with Crippen LogP contribution in [0.2, 0.25) is 0 Å². The monoisotopic (exact) mass is 274 g/mol. The molecule has 2 heterocycles. The zero-order valence-corrected chi connectivity index (χ0v) is 12.5. The third-order valence-electron chi connectivity index (χ3n) is 5.06. The van der Waals surface area contributed by atoms with Crippen molar-refractivity contribution in [2.75, 3.05) is 13.1 Å². The van der Waals surface area contributed by atoms with E-state index in [0.29, 0.717) is 11.6 Å². The first-order valence-electron chi connectivity index (χ1n) is 8.07. The Morgan fingerprint density at radius 2 is 2.00 bits per heavy atom. The van der Waals surface area contributed by atoms with Crippen LogP contribution in [0.25, 0.3) is 0 Å². The van der Waals surface area contributed by atoms with Crippen LogP contribution in [0.15, 0.2) is 18.5 Å². The van der Waals surface area contributed by atoms with Crippen LogP contribution in [0.4, 0.5) is 0 Å². The minimum Gasteiger partial charge on any atom is -0.311 e. The molecule has 4 nitrogen and oxygen atoms in total. The predicted molar refractivity (Wildman–Crippen MR) is 80.3 cm³/mol. The molecule has 1 aromatic heterocycles. The van der Waals surface area contributed by atoms with Gasteiger partial charge in [0.15, 0.2) is 0 Å². The molecule has 1 atom stereocenters. The van der Waals surface area contributed by atoms with Gasteiger partial charge in [0.1, 0.15) is 5.82 Å². The van der Waals surface area contributed by atoms with Crippen molar-refractivity contribution in [3.05, 3.63) is 24.3 Å². The molecule has 1 aliphatic heterocycles. The summed E-state index contributed by atoms with van der Waals surface area (Å²) >= 11 is 0. The molecule has 3 rings (SSSR count). The van der Waals surface area contributed by atoms with Crippen LogP contribution in [-0.4, -0.2) is 39.5 Å². The van der Waals surface area contributed by atoms with Gasteiger partial charge in [0.2, 0.25) is 0 Å². The first-order chi connectivity index (χ1) is 9.82. The number of nitrogens with one attached hydrogen (secondary N) is 1. The first-order valence-corrected chi connectivity index (χ1v) is 8.07. The SMILES string of the molecule is CCC1CN(Cc2ncccn2)C2(CCCCC2)CN1. The molecule has 0 radical (unpaired) electrons. The molecule has 110 valence electrons. The van der Waals surface area contributed by atoms with Gasteiger partial charge in [-0.25, -0.2) is 9.97 Å². The topological polar surface area (TPSA) is 41.1 Å². The van der Waals surface area contributed by atoms with Gasteiger partial charge in [-0.3, -0.25) is 4.90 Å². The number of rotatable bonds is 3. The highest BCUT2D eigenvalue weighted by Crippen LogP contribution is 2.36. The Morgan fingerprint density at radius 1 is 1.25 bits per heavy atom. The van der Waals surface area contributed by atoms with E-state index in [9.17, 15) is 0 Å². The fraction of sp³-hybridized carbons (Fsp3) is 0.750. The normalized spacial score (nSPS) is 26.8. The van der Waals surface area contributed by atoms with Crippen LogP contribution in [0.1, 0.15) is 51.3 Å².